The summed E-state index contributed by atoms with van der Waals surface area (Å²) >= 11 is 0. The van der Waals surface area contributed by atoms with Gasteiger partial charge in [-0.15, -0.1) is 0 Å². The van der Waals surface area contributed by atoms with Crippen molar-refractivity contribution >= 4 is 11.8 Å². The van der Waals surface area contributed by atoms with Crippen LogP contribution >= 0.6 is 0 Å². The molecule has 19 heavy (non-hydrogen) atoms. The maximum Gasteiger partial charge on any atom is 0.243 e. The molecule has 0 saturated carbocycles. The number of carbonyl (C=O) groups excluding carboxylic acids is 2. The van der Waals surface area contributed by atoms with E-state index < -0.39 is 6.04 Å². The van der Waals surface area contributed by atoms with Crippen molar-refractivity contribution in [2.75, 3.05) is 26.7 Å². The molecule has 0 aromatic carbocycles. The Morgan fingerprint density at radius 1 is 1.58 bits per heavy atom. The number of piperazine rings is 1. The number of aryl methyl sites for hydroxylation is 1. The van der Waals surface area contributed by atoms with Gasteiger partial charge in [0.05, 0.1) is 6.26 Å². The highest BCUT2D eigenvalue weighted by molar-refractivity contribution is 5.88. The van der Waals surface area contributed by atoms with Gasteiger partial charge in [0, 0.05) is 39.5 Å². The minimum absolute atomic E-state index is 0.00787. The molecule has 1 aliphatic rings. The van der Waals surface area contributed by atoms with E-state index in [0.29, 0.717) is 25.9 Å². The van der Waals surface area contributed by atoms with E-state index >= 15 is 0 Å². The molecule has 1 fully saturated rings. The van der Waals surface area contributed by atoms with Crippen LogP contribution in [-0.2, 0) is 16.0 Å². The quantitative estimate of drug-likeness (QED) is 0.788. The summed E-state index contributed by atoms with van der Waals surface area (Å²) in [6.45, 7) is 1.79. The number of hydrogen-bond acceptors (Lipinski definition) is 4. The van der Waals surface area contributed by atoms with E-state index in [9.17, 15) is 9.59 Å². The lowest BCUT2D eigenvalue weighted by Crippen LogP contribution is -2.59. The van der Waals surface area contributed by atoms with Gasteiger partial charge in [-0.2, -0.15) is 0 Å². The molecule has 1 saturated heterocycles. The summed E-state index contributed by atoms with van der Waals surface area (Å²) in [5, 5.41) is 5.73. The summed E-state index contributed by atoms with van der Waals surface area (Å²) in [4.78, 5) is 25.6. The lowest BCUT2D eigenvalue weighted by atomic mass is 10.1. The molecule has 6 heteroatoms. The number of likely N-dealkylation sites (N-methyl/N-ethyl adjacent to an activating group) is 1. The van der Waals surface area contributed by atoms with Gasteiger partial charge in [0.1, 0.15) is 11.8 Å². The van der Waals surface area contributed by atoms with Gasteiger partial charge in [0.15, 0.2) is 0 Å². The number of furan rings is 1. The molecule has 1 unspecified atom stereocenters. The average molecular weight is 265 g/mol. The third-order valence-electron chi connectivity index (χ3n) is 3.28. The molecular weight excluding hydrogens is 246 g/mol. The van der Waals surface area contributed by atoms with Crippen molar-refractivity contribution in [1.82, 2.24) is 15.5 Å². The lowest BCUT2D eigenvalue weighted by molar-refractivity contribution is -0.141. The molecule has 2 rings (SSSR count). The Balaban J connectivity index is 1.93. The van der Waals surface area contributed by atoms with E-state index in [-0.39, 0.29) is 11.8 Å². The van der Waals surface area contributed by atoms with Crippen molar-refractivity contribution in [3.63, 3.8) is 0 Å². The number of nitrogens with one attached hydrogen (secondary N) is 2. The zero-order valence-electron chi connectivity index (χ0n) is 11.0. The van der Waals surface area contributed by atoms with E-state index in [4.69, 9.17) is 4.42 Å². The third-order valence-corrected chi connectivity index (χ3v) is 3.28. The number of hydrogen-bond donors (Lipinski definition) is 2. The van der Waals surface area contributed by atoms with Crippen LogP contribution in [0.2, 0.25) is 0 Å². The predicted molar refractivity (Wildman–Crippen MR) is 69.5 cm³/mol. The first-order chi connectivity index (χ1) is 9.22. The van der Waals surface area contributed by atoms with Crippen LogP contribution in [0, 0.1) is 0 Å². The van der Waals surface area contributed by atoms with E-state index in [1.807, 2.05) is 6.07 Å². The predicted octanol–water partition coefficient (Wildman–Crippen LogP) is -0.241. The number of rotatable bonds is 4. The Morgan fingerprint density at radius 2 is 2.42 bits per heavy atom. The van der Waals surface area contributed by atoms with Crippen LogP contribution in [-0.4, -0.2) is 49.4 Å². The highest BCUT2D eigenvalue weighted by Gasteiger charge is 2.31. The molecular formula is C13H19N3O3. The van der Waals surface area contributed by atoms with Crippen molar-refractivity contribution in [3.05, 3.63) is 24.2 Å². The van der Waals surface area contributed by atoms with Gasteiger partial charge >= 0.3 is 0 Å². The molecule has 6 nitrogen and oxygen atoms in total. The van der Waals surface area contributed by atoms with Crippen molar-refractivity contribution in [1.29, 1.82) is 0 Å². The van der Waals surface area contributed by atoms with Crippen LogP contribution in [0.25, 0.3) is 0 Å². The maximum atomic E-state index is 12.2. The highest BCUT2D eigenvalue weighted by Crippen LogP contribution is 2.10. The van der Waals surface area contributed by atoms with Crippen LogP contribution in [0.1, 0.15) is 12.2 Å². The summed E-state index contributed by atoms with van der Waals surface area (Å²) in [7, 11) is 1.59. The largest absolute Gasteiger partial charge is 0.469 e. The average Bonchev–Trinajstić information content (AvgIpc) is 2.97. The van der Waals surface area contributed by atoms with Crippen molar-refractivity contribution in [2.45, 2.75) is 18.9 Å². The van der Waals surface area contributed by atoms with Crippen LogP contribution in [0.3, 0.4) is 0 Å². The van der Waals surface area contributed by atoms with Gasteiger partial charge in [0.25, 0.3) is 0 Å². The molecule has 2 amide bonds. The summed E-state index contributed by atoms with van der Waals surface area (Å²) in [6.07, 6.45) is 2.52. The van der Waals surface area contributed by atoms with Gasteiger partial charge in [0.2, 0.25) is 11.8 Å². The summed E-state index contributed by atoms with van der Waals surface area (Å²) < 4.78 is 5.20. The minimum atomic E-state index is -0.414. The molecule has 0 radical (unpaired) electrons. The summed E-state index contributed by atoms with van der Waals surface area (Å²) in [5.41, 5.74) is 0. The van der Waals surface area contributed by atoms with E-state index in [0.717, 1.165) is 12.3 Å². The zero-order chi connectivity index (χ0) is 13.7. The van der Waals surface area contributed by atoms with Crippen LogP contribution < -0.4 is 10.6 Å². The Kier molecular flexibility index (Phi) is 4.57. The molecule has 1 aliphatic heterocycles. The SMILES string of the molecule is CNC(=O)C1CNCCN1C(=O)CCc1ccco1. The standard InChI is InChI=1S/C13H19N3O3/c1-14-13(18)11-9-15-6-7-16(11)12(17)5-4-10-3-2-8-19-10/h2-3,8,11,15H,4-7,9H2,1H3,(H,14,18). The zero-order valence-corrected chi connectivity index (χ0v) is 11.0. The van der Waals surface area contributed by atoms with Gasteiger partial charge in [-0.25, -0.2) is 0 Å². The summed E-state index contributed by atoms with van der Waals surface area (Å²) in [6, 6.07) is 3.24. The van der Waals surface area contributed by atoms with Gasteiger partial charge < -0.3 is 20.0 Å². The molecule has 1 aromatic rings. The molecule has 0 bridgehead atoms. The minimum Gasteiger partial charge on any atom is -0.469 e. The van der Waals surface area contributed by atoms with E-state index in [2.05, 4.69) is 10.6 Å². The Labute approximate surface area is 112 Å². The van der Waals surface area contributed by atoms with Gasteiger partial charge in [-0.3, -0.25) is 9.59 Å². The third kappa shape index (κ3) is 3.35. The number of carbonyl (C=O) groups is 2. The normalized spacial score (nSPS) is 19.2. The van der Waals surface area contributed by atoms with Crippen molar-refractivity contribution in [3.8, 4) is 0 Å². The fourth-order valence-electron chi connectivity index (χ4n) is 2.23. The highest BCUT2D eigenvalue weighted by atomic mass is 16.3. The topological polar surface area (TPSA) is 74.6 Å². The van der Waals surface area contributed by atoms with Gasteiger partial charge in [-0.05, 0) is 12.1 Å². The second-order valence-electron chi connectivity index (χ2n) is 4.50. The van der Waals surface area contributed by atoms with Crippen molar-refractivity contribution < 1.29 is 14.0 Å². The van der Waals surface area contributed by atoms with E-state index in [1.54, 1.807) is 24.3 Å². The molecule has 0 spiro atoms. The molecule has 2 N–H and O–H groups in total. The second-order valence-corrected chi connectivity index (χ2v) is 4.50. The first kappa shape index (κ1) is 13.6. The first-order valence-electron chi connectivity index (χ1n) is 6.46. The second kappa shape index (κ2) is 6.38. The van der Waals surface area contributed by atoms with Crippen LogP contribution in [0.5, 0.6) is 0 Å². The number of amides is 2. The fourth-order valence-corrected chi connectivity index (χ4v) is 2.23. The Hall–Kier alpha value is -1.82. The molecule has 104 valence electrons. The van der Waals surface area contributed by atoms with Crippen LogP contribution in [0.15, 0.2) is 22.8 Å². The molecule has 1 atom stereocenters. The number of nitrogens with zero attached hydrogens (tertiary/aromatic N) is 1. The first-order valence-corrected chi connectivity index (χ1v) is 6.46. The molecule has 1 aromatic heterocycles. The van der Waals surface area contributed by atoms with Crippen molar-refractivity contribution in [2.24, 2.45) is 0 Å². The van der Waals surface area contributed by atoms with Crippen LogP contribution in [0.4, 0.5) is 0 Å². The maximum absolute atomic E-state index is 12.2. The molecule has 2 heterocycles. The monoisotopic (exact) mass is 265 g/mol. The Bertz CT molecular complexity index is 430. The fraction of sp³-hybridized carbons (Fsp3) is 0.538. The molecule has 0 aliphatic carbocycles. The summed E-state index contributed by atoms with van der Waals surface area (Å²) in [5.74, 6) is 0.657. The lowest BCUT2D eigenvalue weighted by Gasteiger charge is -2.35. The Morgan fingerprint density at radius 3 is 3.11 bits per heavy atom. The smallest absolute Gasteiger partial charge is 0.243 e. The van der Waals surface area contributed by atoms with E-state index in [1.165, 1.54) is 0 Å². The van der Waals surface area contributed by atoms with Gasteiger partial charge in [-0.1, -0.05) is 0 Å².